The predicted molar refractivity (Wildman–Crippen MR) is 131 cm³/mol. The fraction of sp³-hybridized carbons (Fsp3) is 0.455. The molecule has 38 heavy (non-hydrogen) atoms. The summed E-state index contributed by atoms with van der Waals surface area (Å²) >= 11 is 0. The zero-order valence-corrected chi connectivity index (χ0v) is 20.6. The highest BCUT2D eigenvalue weighted by atomic mass is 16.5. The maximum atomic E-state index is 9.25. The Bertz CT molecular complexity index is 613. The van der Waals surface area contributed by atoms with Crippen LogP contribution in [0.15, 0.2) is 50.6 Å². The number of rotatable bonds is 14. The lowest BCUT2D eigenvalue weighted by molar-refractivity contribution is -0.197. The fourth-order valence-corrected chi connectivity index (χ4v) is 1.14. The van der Waals surface area contributed by atoms with Gasteiger partial charge in [-0.05, 0) is 0 Å². The SMILES string of the molecule is C=CC(=O)O.C=CC(=O)O.C=CC(=O)O.C=CC(=O)O.OCC(CO)(CO)COCC(CO)(CO)C(O)O. The third kappa shape index (κ3) is 28.8. The van der Waals surface area contributed by atoms with Gasteiger partial charge in [0.1, 0.15) is 0 Å². The second-order valence-corrected chi connectivity index (χ2v) is 6.69. The van der Waals surface area contributed by atoms with Crippen LogP contribution in [0.25, 0.3) is 0 Å². The molecule has 0 aliphatic carbocycles. The second-order valence-electron chi connectivity index (χ2n) is 6.69. The molecule has 11 N–H and O–H groups in total. The van der Waals surface area contributed by atoms with E-state index in [0.29, 0.717) is 0 Å². The molecule has 16 nitrogen and oxygen atoms in total. The van der Waals surface area contributed by atoms with Crippen molar-refractivity contribution in [2.75, 3.05) is 46.2 Å². The van der Waals surface area contributed by atoms with Crippen LogP contribution in [0.2, 0.25) is 0 Å². The van der Waals surface area contributed by atoms with Crippen molar-refractivity contribution in [3.8, 4) is 0 Å². The van der Waals surface area contributed by atoms with Gasteiger partial charge in [-0.1, -0.05) is 26.3 Å². The summed E-state index contributed by atoms with van der Waals surface area (Å²) in [5, 5.41) is 93.7. The highest BCUT2D eigenvalue weighted by molar-refractivity contribution is 5.79. The standard InChI is InChI=1S/C10H22O8.4C3H4O2/c11-1-9(2-12,3-13)6-18-7-10(4-14,5-15)8(16)17;4*1-2-3(4)5/h8,11-17H,1-7H2;4*2H,1H2,(H,4,5). The van der Waals surface area contributed by atoms with E-state index in [4.69, 9.17) is 60.9 Å². The van der Waals surface area contributed by atoms with E-state index in [1.165, 1.54) is 0 Å². The molecule has 0 saturated heterocycles. The minimum Gasteiger partial charge on any atom is -0.478 e. The summed E-state index contributed by atoms with van der Waals surface area (Å²) in [5.41, 5.74) is -2.90. The van der Waals surface area contributed by atoms with Crippen LogP contribution in [0, 0.1) is 10.8 Å². The van der Waals surface area contributed by atoms with Crippen molar-refractivity contribution in [2.45, 2.75) is 6.29 Å². The van der Waals surface area contributed by atoms with Crippen LogP contribution in [0.4, 0.5) is 0 Å². The molecule has 0 atom stereocenters. The minimum absolute atomic E-state index is 0.259. The first-order chi connectivity index (χ1) is 17.5. The molecule has 0 amide bonds. The van der Waals surface area contributed by atoms with Gasteiger partial charge in [0.15, 0.2) is 6.29 Å². The van der Waals surface area contributed by atoms with Gasteiger partial charge in [0.05, 0.1) is 57.1 Å². The summed E-state index contributed by atoms with van der Waals surface area (Å²) < 4.78 is 5.06. The van der Waals surface area contributed by atoms with Gasteiger partial charge in [-0.2, -0.15) is 0 Å². The summed E-state index contributed by atoms with van der Waals surface area (Å²) in [6.07, 6.45) is 1.35. The number of carboxylic acid groups (broad SMARTS) is 4. The Hall–Kier alpha value is -3.48. The molecule has 0 fully saturated rings. The molecule has 0 aromatic carbocycles. The lowest BCUT2D eigenvalue weighted by Crippen LogP contribution is -2.47. The van der Waals surface area contributed by atoms with E-state index in [1.54, 1.807) is 0 Å². The van der Waals surface area contributed by atoms with Crippen molar-refractivity contribution >= 4 is 23.9 Å². The van der Waals surface area contributed by atoms with Crippen molar-refractivity contribution in [3.63, 3.8) is 0 Å². The zero-order valence-electron chi connectivity index (χ0n) is 20.6. The van der Waals surface area contributed by atoms with Gasteiger partial charge in [-0.15, -0.1) is 0 Å². The van der Waals surface area contributed by atoms with Crippen LogP contribution < -0.4 is 0 Å². The number of carbonyl (C=O) groups is 4. The fourth-order valence-electron chi connectivity index (χ4n) is 1.14. The monoisotopic (exact) mass is 558 g/mol. The topological polar surface area (TPSA) is 300 Å². The molecule has 0 aliphatic heterocycles. The molecule has 0 unspecified atom stereocenters. The van der Waals surface area contributed by atoms with Crippen molar-refractivity contribution in [3.05, 3.63) is 50.6 Å². The third-order valence-electron chi connectivity index (χ3n) is 3.68. The van der Waals surface area contributed by atoms with E-state index in [2.05, 4.69) is 26.3 Å². The summed E-state index contributed by atoms with van der Waals surface area (Å²) in [5.74, 6) is -3.93. The first-order valence-corrected chi connectivity index (χ1v) is 9.94. The van der Waals surface area contributed by atoms with Gasteiger partial charge in [-0.25, -0.2) is 19.2 Å². The highest BCUT2D eigenvalue weighted by Crippen LogP contribution is 2.22. The van der Waals surface area contributed by atoms with Gasteiger partial charge in [0, 0.05) is 24.3 Å². The van der Waals surface area contributed by atoms with E-state index in [9.17, 15) is 19.2 Å². The average molecular weight is 559 g/mol. The highest BCUT2D eigenvalue weighted by Gasteiger charge is 2.38. The lowest BCUT2D eigenvalue weighted by atomic mass is 9.89. The van der Waals surface area contributed by atoms with Gasteiger partial charge in [0.2, 0.25) is 0 Å². The van der Waals surface area contributed by atoms with E-state index in [0.717, 1.165) is 24.3 Å². The van der Waals surface area contributed by atoms with Crippen LogP contribution in [-0.4, -0.2) is 133 Å². The Morgan fingerprint density at radius 1 is 0.579 bits per heavy atom. The summed E-state index contributed by atoms with van der Waals surface area (Å²) in [7, 11) is 0. The summed E-state index contributed by atoms with van der Waals surface area (Å²) in [4.78, 5) is 37.0. The zero-order chi connectivity index (χ0) is 31.4. The largest absolute Gasteiger partial charge is 0.478 e. The van der Waals surface area contributed by atoms with Gasteiger partial charge < -0.3 is 60.9 Å². The average Bonchev–Trinajstić information content (AvgIpc) is 2.90. The van der Waals surface area contributed by atoms with E-state index >= 15 is 0 Å². The first-order valence-electron chi connectivity index (χ1n) is 9.94. The Labute approximate surface area is 218 Å². The van der Waals surface area contributed by atoms with Crippen molar-refractivity contribution in [2.24, 2.45) is 10.8 Å². The number of aliphatic carboxylic acids is 4. The molecular weight excluding hydrogens is 520 g/mol. The predicted octanol–water partition coefficient (Wildman–Crippen LogP) is -2.72. The van der Waals surface area contributed by atoms with Crippen molar-refractivity contribution in [1.29, 1.82) is 0 Å². The number of carboxylic acids is 4. The normalized spacial score (nSPS) is 9.68. The summed E-state index contributed by atoms with van der Waals surface area (Å²) in [6, 6.07) is 0. The lowest BCUT2D eigenvalue weighted by Gasteiger charge is -2.33. The van der Waals surface area contributed by atoms with E-state index in [-0.39, 0.29) is 6.61 Å². The molecular formula is C22H38O16. The molecule has 222 valence electrons. The molecule has 0 rings (SSSR count). The maximum Gasteiger partial charge on any atom is 0.327 e. The van der Waals surface area contributed by atoms with Gasteiger partial charge in [0.25, 0.3) is 0 Å². The van der Waals surface area contributed by atoms with Crippen LogP contribution in [0.5, 0.6) is 0 Å². The molecule has 0 saturated carbocycles. The molecule has 0 heterocycles. The van der Waals surface area contributed by atoms with Crippen LogP contribution in [0.1, 0.15) is 0 Å². The molecule has 0 spiro atoms. The molecule has 0 aromatic rings. The van der Waals surface area contributed by atoms with Gasteiger partial charge in [-0.3, -0.25) is 0 Å². The molecule has 0 bridgehead atoms. The van der Waals surface area contributed by atoms with Crippen LogP contribution in [0.3, 0.4) is 0 Å². The Morgan fingerprint density at radius 2 is 0.816 bits per heavy atom. The number of ether oxygens (including phenoxy) is 1. The molecule has 0 aliphatic rings. The summed E-state index contributed by atoms with van der Waals surface area (Å²) in [6.45, 7) is 8.18. The number of aliphatic hydroxyl groups excluding tert-OH is 6. The number of hydrogen-bond donors (Lipinski definition) is 11. The van der Waals surface area contributed by atoms with E-state index in [1.807, 2.05) is 0 Å². The Morgan fingerprint density at radius 3 is 0.947 bits per heavy atom. The van der Waals surface area contributed by atoms with Crippen molar-refractivity contribution in [1.82, 2.24) is 0 Å². The Balaban J connectivity index is -0.000000147. The third-order valence-corrected chi connectivity index (χ3v) is 3.68. The van der Waals surface area contributed by atoms with Crippen LogP contribution >= 0.6 is 0 Å². The van der Waals surface area contributed by atoms with E-state index < -0.39 is 80.6 Å². The maximum absolute atomic E-state index is 9.25. The Kier molecular flexibility index (Phi) is 32.9. The molecule has 16 heteroatoms. The smallest absolute Gasteiger partial charge is 0.327 e. The van der Waals surface area contributed by atoms with Gasteiger partial charge >= 0.3 is 23.9 Å². The minimum atomic E-state index is -1.99. The van der Waals surface area contributed by atoms with Crippen molar-refractivity contribution < 1.29 is 80.1 Å². The first kappa shape index (κ1) is 44.5. The molecule has 0 aromatic heterocycles. The number of aliphatic hydroxyl groups is 7. The van der Waals surface area contributed by atoms with Crippen LogP contribution in [-0.2, 0) is 23.9 Å². The molecule has 0 radical (unpaired) electrons. The number of hydrogen-bond acceptors (Lipinski definition) is 12. The second kappa shape index (κ2) is 28.1. The quantitative estimate of drug-likeness (QED) is 0.0761.